The van der Waals surface area contributed by atoms with Crippen LogP contribution in [0.4, 0.5) is 14.5 Å². The molecule has 2 rings (SSSR count). The molecular formula is C9H7F2N2O2S-. The fourth-order valence-corrected chi connectivity index (χ4v) is 2.11. The average Bonchev–Trinajstić information content (AvgIpc) is 2.50. The summed E-state index contributed by atoms with van der Waals surface area (Å²) >= 11 is 0.559. The van der Waals surface area contributed by atoms with Crippen LogP contribution in [0.15, 0.2) is 18.2 Å². The molecule has 0 aliphatic carbocycles. The molecule has 1 aromatic carbocycles. The first-order chi connectivity index (χ1) is 7.50. The third kappa shape index (κ3) is 1.77. The van der Waals surface area contributed by atoms with E-state index in [2.05, 4.69) is 0 Å². The van der Waals surface area contributed by atoms with E-state index in [-0.39, 0.29) is 5.69 Å². The van der Waals surface area contributed by atoms with Crippen LogP contribution in [0.2, 0.25) is 0 Å². The average molecular weight is 245 g/mol. The normalized spacial score (nSPS) is 21.9. The standard InChI is InChI=1S/C9H7F2N2O2S/c1-5-9(14)16-13(12(5)15)8-4-6(10)2-3-7(8)11/h2-5H,1H3/q-1. The third-order valence-electron chi connectivity index (χ3n) is 2.14. The van der Waals surface area contributed by atoms with Gasteiger partial charge >= 0.3 is 0 Å². The van der Waals surface area contributed by atoms with Gasteiger partial charge in [0.25, 0.3) is 0 Å². The quantitative estimate of drug-likeness (QED) is 0.709. The molecule has 1 aromatic rings. The summed E-state index contributed by atoms with van der Waals surface area (Å²) < 4.78 is 27.1. The van der Waals surface area contributed by atoms with Gasteiger partial charge in [-0.1, -0.05) is 0 Å². The molecule has 0 N–H and O–H groups in total. The number of hydrogen-bond donors (Lipinski definition) is 0. The van der Waals surface area contributed by atoms with Gasteiger partial charge in [0.15, 0.2) is 0 Å². The first-order valence-corrected chi connectivity index (χ1v) is 5.21. The van der Waals surface area contributed by atoms with Gasteiger partial charge in [-0.15, -0.1) is 0 Å². The van der Waals surface area contributed by atoms with Crippen molar-refractivity contribution in [2.24, 2.45) is 0 Å². The van der Waals surface area contributed by atoms with E-state index in [0.717, 1.165) is 22.6 Å². The number of nitrogens with zero attached hydrogens (tertiary/aromatic N) is 2. The molecule has 1 fully saturated rings. The molecule has 0 saturated carbocycles. The van der Waals surface area contributed by atoms with Gasteiger partial charge in [-0.3, -0.25) is 9.97 Å². The second-order valence-corrected chi connectivity index (χ2v) is 4.19. The molecule has 1 heterocycles. The highest BCUT2D eigenvalue weighted by Crippen LogP contribution is 2.35. The number of hydroxylamine groups is 1. The molecule has 86 valence electrons. The molecule has 16 heavy (non-hydrogen) atoms. The van der Waals surface area contributed by atoms with Crippen LogP contribution in [0.25, 0.3) is 0 Å². The molecule has 0 spiro atoms. The number of carbonyl (C=O) groups excluding carboxylic acids is 1. The van der Waals surface area contributed by atoms with Crippen molar-refractivity contribution in [2.75, 3.05) is 4.41 Å². The number of rotatable bonds is 1. The zero-order chi connectivity index (χ0) is 11.9. The van der Waals surface area contributed by atoms with Gasteiger partial charge < -0.3 is 5.21 Å². The molecule has 1 unspecified atom stereocenters. The predicted molar refractivity (Wildman–Crippen MR) is 56.1 cm³/mol. The highest BCUT2D eigenvalue weighted by atomic mass is 32.2. The van der Waals surface area contributed by atoms with Gasteiger partial charge in [-0.05, 0) is 19.1 Å². The SMILES string of the molecule is CC1C(=O)SN(c2cc(F)ccc2F)N1[O-]. The van der Waals surface area contributed by atoms with Crippen LogP contribution in [-0.4, -0.2) is 16.3 Å². The van der Waals surface area contributed by atoms with Crippen LogP contribution >= 0.6 is 11.9 Å². The summed E-state index contributed by atoms with van der Waals surface area (Å²) in [5.41, 5.74) is -0.252. The van der Waals surface area contributed by atoms with E-state index in [1.807, 2.05) is 0 Å². The van der Waals surface area contributed by atoms with E-state index in [1.54, 1.807) is 0 Å². The summed E-state index contributed by atoms with van der Waals surface area (Å²) in [5.74, 6) is -1.42. The second-order valence-electron chi connectivity index (χ2n) is 3.26. The molecule has 1 aliphatic rings. The first-order valence-electron chi connectivity index (χ1n) is 4.44. The molecule has 0 radical (unpaired) electrons. The first kappa shape index (κ1) is 11.3. The van der Waals surface area contributed by atoms with E-state index < -0.39 is 22.8 Å². The van der Waals surface area contributed by atoms with Gasteiger partial charge in [0.2, 0.25) is 5.12 Å². The maximum absolute atomic E-state index is 13.4. The van der Waals surface area contributed by atoms with Crippen molar-refractivity contribution in [3.05, 3.63) is 35.0 Å². The monoisotopic (exact) mass is 245 g/mol. The van der Waals surface area contributed by atoms with E-state index in [1.165, 1.54) is 6.92 Å². The van der Waals surface area contributed by atoms with Crippen molar-refractivity contribution >= 4 is 22.8 Å². The van der Waals surface area contributed by atoms with Crippen molar-refractivity contribution in [1.82, 2.24) is 5.17 Å². The van der Waals surface area contributed by atoms with Crippen molar-refractivity contribution in [1.29, 1.82) is 0 Å². The summed E-state index contributed by atoms with van der Waals surface area (Å²) in [6.45, 7) is 1.40. The summed E-state index contributed by atoms with van der Waals surface area (Å²) in [7, 11) is 0. The molecule has 1 aliphatic heterocycles. The molecule has 0 bridgehead atoms. The number of anilines is 1. The Bertz CT molecular complexity index is 444. The Morgan fingerprint density at radius 2 is 2.12 bits per heavy atom. The number of halogens is 2. The number of carbonyl (C=O) groups is 1. The Labute approximate surface area is 94.5 Å². The largest absolute Gasteiger partial charge is 0.766 e. The maximum atomic E-state index is 13.4. The topological polar surface area (TPSA) is 46.6 Å². The van der Waals surface area contributed by atoms with Gasteiger partial charge in [0.1, 0.15) is 17.3 Å². The van der Waals surface area contributed by atoms with E-state index in [0.29, 0.717) is 17.1 Å². The van der Waals surface area contributed by atoms with Gasteiger partial charge in [0.05, 0.1) is 6.04 Å². The number of benzene rings is 1. The Balaban J connectivity index is 2.38. The molecule has 0 amide bonds. The predicted octanol–water partition coefficient (Wildman–Crippen LogP) is 2.06. The summed E-state index contributed by atoms with van der Waals surface area (Å²) in [4.78, 5) is 11.2. The van der Waals surface area contributed by atoms with Crippen LogP contribution in [0, 0.1) is 16.8 Å². The Morgan fingerprint density at radius 1 is 1.44 bits per heavy atom. The highest BCUT2D eigenvalue weighted by molar-refractivity contribution is 8.15. The van der Waals surface area contributed by atoms with E-state index >= 15 is 0 Å². The Kier molecular flexibility index (Phi) is 2.83. The van der Waals surface area contributed by atoms with Crippen molar-refractivity contribution in [3.63, 3.8) is 0 Å². The fourth-order valence-electron chi connectivity index (χ4n) is 1.24. The molecule has 1 atom stereocenters. The summed E-state index contributed by atoms with van der Waals surface area (Å²) in [6.07, 6.45) is 0. The molecule has 1 saturated heterocycles. The molecular weight excluding hydrogens is 238 g/mol. The van der Waals surface area contributed by atoms with E-state index in [9.17, 15) is 18.8 Å². The van der Waals surface area contributed by atoms with Crippen molar-refractivity contribution < 1.29 is 13.6 Å². The lowest BCUT2D eigenvalue weighted by Crippen LogP contribution is -2.34. The Morgan fingerprint density at radius 3 is 2.69 bits per heavy atom. The Hall–Kier alpha value is -1.18. The van der Waals surface area contributed by atoms with Crippen LogP contribution in [-0.2, 0) is 4.79 Å². The lowest BCUT2D eigenvalue weighted by molar-refractivity contribution is -0.113. The fraction of sp³-hybridized carbons (Fsp3) is 0.222. The maximum Gasteiger partial charge on any atom is 0.228 e. The molecule has 0 aromatic heterocycles. The van der Waals surface area contributed by atoms with Crippen LogP contribution < -0.4 is 4.41 Å². The summed E-state index contributed by atoms with van der Waals surface area (Å²) in [5, 5.41) is 11.4. The summed E-state index contributed by atoms with van der Waals surface area (Å²) in [6, 6.07) is 1.83. The smallest absolute Gasteiger partial charge is 0.228 e. The zero-order valence-corrected chi connectivity index (χ0v) is 9.00. The molecule has 4 nitrogen and oxygen atoms in total. The number of hydrazine groups is 1. The molecule has 7 heteroatoms. The van der Waals surface area contributed by atoms with Crippen molar-refractivity contribution in [2.45, 2.75) is 13.0 Å². The van der Waals surface area contributed by atoms with Crippen molar-refractivity contribution in [3.8, 4) is 0 Å². The lowest BCUT2D eigenvalue weighted by atomic mass is 10.3. The van der Waals surface area contributed by atoms with Crippen LogP contribution in [0.1, 0.15) is 6.92 Å². The highest BCUT2D eigenvalue weighted by Gasteiger charge is 2.32. The number of hydrogen-bond acceptors (Lipinski definition) is 5. The minimum absolute atomic E-state index is 0.252. The third-order valence-corrected chi connectivity index (χ3v) is 3.19. The lowest BCUT2D eigenvalue weighted by Gasteiger charge is -2.34. The minimum Gasteiger partial charge on any atom is -0.766 e. The second kappa shape index (κ2) is 4.00. The van der Waals surface area contributed by atoms with Crippen LogP contribution in [0.3, 0.4) is 0 Å². The van der Waals surface area contributed by atoms with Gasteiger partial charge in [-0.2, -0.15) is 0 Å². The zero-order valence-electron chi connectivity index (χ0n) is 8.18. The minimum atomic E-state index is -0.896. The van der Waals surface area contributed by atoms with Gasteiger partial charge in [-0.25, -0.2) is 13.2 Å². The van der Waals surface area contributed by atoms with Crippen LogP contribution in [0.5, 0.6) is 0 Å². The van der Waals surface area contributed by atoms with E-state index in [4.69, 9.17) is 0 Å². The van der Waals surface area contributed by atoms with Gasteiger partial charge in [0, 0.05) is 18.0 Å².